The molecule has 0 unspecified atom stereocenters. The van der Waals surface area contributed by atoms with E-state index in [1.54, 1.807) is 13.0 Å². The fourth-order valence-corrected chi connectivity index (χ4v) is 4.36. The number of nitrogens with zero attached hydrogens (tertiary/aromatic N) is 3. The van der Waals surface area contributed by atoms with E-state index in [0.29, 0.717) is 25.1 Å². The first-order chi connectivity index (χ1) is 10.4. The highest BCUT2D eigenvalue weighted by molar-refractivity contribution is 7.89. The van der Waals surface area contributed by atoms with Crippen molar-refractivity contribution in [3.05, 3.63) is 11.5 Å². The Morgan fingerprint density at radius 1 is 1.55 bits per heavy atom. The molecule has 0 saturated carbocycles. The monoisotopic (exact) mass is 327 g/mol. The van der Waals surface area contributed by atoms with Crippen LogP contribution in [0.4, 0.5) is 0 Å². The van der Waals surface area contributed by atoms with E-state index in [0.717, 1.165) is 0 Å². The van der Waals surface area contributed by atoms with E-state index in [1.165, 1.54) is 11.2 Å². The van der Waals surface area contributed by atoms with Crippen LogP contribution in [0.3, 0.4) is 0 Å². The van der Waals surface area contributed by atoms with Crippen LogP contribution in [0.2, 0.25) is 0 Å². The van der Waals surface area contributed by atoms with Gasteiger partial charge in [-0.05, 0) is 26.7 Å². The molecule has 1 aliphatic rings. The van der Waals surface area contributed by atoms with Gasteiger partial charge in [-0.1, -0.05) is 5.16 Å². The minimum absolute atomic E-state index is 0.0383. The van der Waals surface area contributed by atoms with Gasteiger partial charge in [0.25, 0.3) is 0 Å². The molecule has 22 heavy (non-hydrogen) atoms. The Bertz CT molecular complexity index is 684. The summed E-state index contributed by atoms with van der Waals surface area (Å²) in [6, 6.07) is 1.72. The summed E-state index contributed by atoms with van der Waals surface area (Å²) >= 11 is 0. The molecule has 1 aromatic heterocycles. The lowest BCUT2D eigenvalue weighted by Gasteiger charge is -2.30. The number of aromatic nitrogens is 1. The lowest BCUT2D eigenvalue weighted by molar-refractivity contribution is -0.148. The molecule has 0 aromatic carbocycles. The SMILES string of the molecule is Cc1noc(C)c1S(=O)(=O)N1CCC[C@@H](C(=O)OCC#N)C1. The number of rotatable bonds is 4. The first-order valence-electron chi connectivity index (χ1n) is 6.84. The fraction of sp³-hybridized carbons (Fsp3) is 0.615. The third-order valence-electron chi connectivity index (χ3n) is 3.56. The molecule has 2 rings (SSSR count). The number of carbonyl (C=O) groups is 1. The highest BCUT2D eigenvalue weighted by atomic mass is 32.2. The molecule has 1 aromatic rings. The molecule has 1 aliphatic heterocycles. The normalized spacial score (nSPS) is 19.6. The van der Waals surface area contributed by atoms with Gasteiger partial charge in [0.05, 0.1) is 5.92 Å². The predicted molar refractivity (Wildman–Crippen MR) is 74.0 cm³/mol. The molecule has 1 fully saturated rings. The van der Waals surface area contributed by atoms with Crippen molar-refractivity contribution in [3.63, 3.8) is 0 Å². The summed E-state index contributed by atoms with van der Waals surface area (Å²) in [7, 11) is -3.76. The van der Waals surface area contributed by atoms with Crippen molar-refractivity contribution in [3.8, 4) is 6.07 Å². The highest BCUT2D eigenvalue weighted by Gasteiger charge is 2.36. The molecule has 0 bridgehead atoms. The Balaban J connectivity index is 2.19. The third-order valence-corrected chi connectivity index (χ3v) is 5.67. The Kier molecular flexibility index (Phi) is 4.83. The summed E-state index contributed by atoms with van der Waals surface area (Å²) in [5.74, 6) is -0.871. The molecular weight excluding hydrogens is 310 g/mol. The molecule has 2 heterocycles. The maximum Gasteiger partial charge on any atom is 0.311 e. The van der Waals surface area contributed by atoms with Crippen molar-refractivity contribution in [2.45, 2.75) is 31.6 Å². The number of carbonyl (C=O) groups excluding carboxylic acids is 1. The van der Waals surface area contributed by atoms with Crippen LogP contribution >= 0.6 is 0 Å². The Labute approximate surface area is 128 Å². The van der Waals surface area contributed by atoms with Crippen LogP contribution in [0.15, 0.2) is 9.42 Å². The number of nitriles is 1. The second-order valence-corrected chi connectivity index (χ2v) is 7.00. The molecule has 0 spiro atoms. The van der Waals surface area contributed by atoms with Gasteiger partial charge >= 0.3 is 5.97 Å². The van der Waals surface area contributed by atoms with Crippen LogP contribution in [-0.4, -0.2) is 43.5 Å². The summed E-state index contributed by atoms with van der Waals surface area (Å²) in [6.07, 6.45) is 1.09. The number of hydrogen-bond acceptors (Lipinski definition) is 7. The number of piperidine rings is 1. The van der Waals surface area contributed by atoms with Gasteiger partial charge in [0, 0.05) is 13.1 Å². The van der Waals surface area contributed by atoms with Crippen molar-refractivity contribution in [2.24, 2.45) is 5.92 Å². The van der Waals surface area contributed by atoms with Crippen molar-refractivity contribution in [1.29, 1.82) is 5.26 Å². The van der Waals surface area contributed by atoms with E-state index < -0.39 is 21.9 Å². The van der Waals surface area contributed by atoms with E-state index >= 15 is 0 Å². The van der Waals surface area contributed by atoms with Crippen LogP contribution < -0.4 is 0 Å². The lowest BCUT2D eigenvalue weighted by atomic mass is 10.0. The van der Waals surface area contributed by atoms with Crippen molar-refractivity contribution in [2.75, 3.05) is 19.7 Å². The summed E-state index contributed by atoms with van der Waals surface area (Å²) in [4.78, 5) is 11.9. The number of sulfonamides is 1. The van der Waals surface area contributed by atoms with E-state index in [9.17, 15) is 13.2 Å². The molecule has 0 amide bonds. The Hall–Kier alpha value is -1.92. The zero-order chi connectivity index (χ0) is 16.3. The number of aryl methyl sites for hydroxylation is 2. The van der Waals surface area contributed by atoms with Gasteiger partial charge in [-0.25, -0.2) is 8.42 Å². The second-order valence-electron chi connectivity index (χ2n) is 5.12. The highest BCUT2D eigenvalue weighted by Crippen LogP contribution is 2.28. The Morgan fingerprint density at radius 2 is 2.27 bits per heavy atom. The molecule has 9 heteroatoms. The topological polar surface area (TPSA) is 114 Å². The van der Waals surface area contributed by atoms with Crippen LogP contribution in [0, 0.1) is 31.1 Å². The maximum atomic E-state index is 12.7. The largest absolute Gasteiger partial charge is 0.450 e. The molecule has 1 saturated heterocycles. The van der Waals surface area contributed by atoms with Crippen molar-refractivity contribution < 1.29 is 22.5 Å². The zero-order valence-electron chi connectivity index (χ0n) is 12.4. The van der Waals surface area contributed by atoms with E-state index in [-0.39, 0.29) is 23.8 Å². The molecule has 0 aliphatic carbocycles. The van der Waals surface area contributed by atoms with Crippen molar-refractivity contribution >= 4 is 16.0 Å². The number of esters is 1. The fourth-order valence-electron chi connectivity index (χ4n) is 2.55. The molecule has 8 nitrogen and oxygen atoms in total. The summed E-state index contributed by atoms with van der Waals surface area (Å²) in [5.41, 5.74) is 0.298. The minimum Gasteiger partial charge on any atom is -0.450 e. The van der Waals surface area contributed by atoms with Crippen LogP contribution in [0.5, 0.6) is 0 Å². The number of hydrogen-bond donors (Lipinski definition) is 0. The van der Waals surface area contributed by atoms with Crippen LogP contribution in [0.25, 0.3) is 0 Å². The average molecular weight is 327 g/mol. The van der Waals surface area contributed by atoms with Gasteiger partial charge < -0.3 is 9.26 Å². The smallest absolute Gasteiger partial charge is 0.311 e. The van der Waals surface area contributed by atoms with Gasteiger partial charge in [-0.15, -0.1) is 0 Å². The summed E-state index contributed by atoms with van der Waals surface area (Å²) in [5, 5.41) is 12.1. The quantitative estimate of drug-likeness (QED) is 0.750. The van der Waals surface area contributed by atoms with Gasteiger partial charge in [0.1, 0.15) is 16.7 Å². The average Bonchev–Trinajstić information content (AvgIpc) is 2.84. The van der Waals surface area contributed by atoms with Gasteiger partial charge in [0.15, 0.2) is 12.4 Å². The predicted octanol–water partition coefficient (Wildman–Crippen LogP) is 0.759. The zero-order valence-corrected chi connectivity index (χ0v) is 13.2. The maximum absolute atomic E-state index is 12.7. The first-order valence-corrected chi connectivity index (χ1v) is 8.28. The molecule has 0 radical (unpaired) electrons. The summed E-state index contributed by atoms with van der Waals surface area (Å²) in [6.45, 7) is 3.14. The number of ether oxygens (including phenoxy) is 1. The standard InChI is InChI=1S/C13H17N3O5S/c1-9-12(10(2)21-15-9)22(18,19)16-6-3-4-11(8-16)13(17)20-7-5-14/h11H,3-4,6-8H2,1-2H3/t11-/m1/s1. The van der Waals surface area contributed by atoms with E-state index in [4.69, 9.17) is 14.5 Å². The third kappa shape index (κ3) is 3.13. The van der Waals surface area contributed by atoms with Gasteiger partial charge in [0.2, 0.25) is 10.0 Å². The second kappa shape index (κ2) is 6.46. The molecular formula is C13H17N3O5S. The van der Waals surface area contributed by atoms with Gasteiger partial charge in [-0.2, -0.15) is 9.57 Å². The molecule has 120 valence electrons. The van der Waals surface area contributed by atoms with Crippen LogP contribution in [-0.2, 0) is 19.6 Å². The van der Waals surface area contributed by atoms with E-state index in [2.05, 4.69) is 5.16 Å². The summed E-state index contributed by atoms with van der Waals surface area (Å²) < 4.78 is 36.3. The Morgan fingerprint density at radius 3 is 2.86 bits per heavy atom. The molecule has 0 N–H and O–H groups in total. The lowest BCUT2D eigenvalue weighted by Crippen LogP contribution is -2.43. The van der Waals surface area contributed by atoms with Gasteiger partial charge in [-0.3, -0.25) is 4.79 Å². The first kappa shape index (κ1) is 16.5. The minimum atomic E-state index is -3.76. The molecule has 1 atom stereocenters. The van der Waals surface area contributed by atoms with Crippen LogP contribution in [0.1, 0.15) is 24.3 Å². The van der Waals surface area contributed by atoms with Crippen molar-refractivity contribution in [1.82, 2.24) is 9.46 Å². The van der Waals surface area contributed by atoms with E-state index in [1.807, 2.05) is 0 Å².